The number of anilines is 1. The Morgan fingerprint density at radius 3 is 3.15 bits per heavy atom. The largest absolute Gasteiger partial charge is 0.478 e. The Labute approximate surface area is 118 Å². The molecule has 3 rings (SSSR count). The molecule has 5 heteroatoms. The third-order valence-corrected chi connectivity index (χ3v) is 4.23. The summed E-state index contributed by atoms with van der Waals surface area (Å²) in [6, 6.07) is 2.05. The molecule has 0 amide bonds. The maximum Gasteiger partial charge on any atom is 0.339 e. The van der Waals surface area contributed by atoms with E-state index in [0.29, 0.717) is 31.1 Å². The average molecular weight is 276 g/mol. The van der Waals surface area contributed by atoms with Crippen LogP contribution in [0, 0.1) is 0 Å². The summed E-state index contributed by atoms with van der Waals surface area (Å²) in [5.74, 6) is -0.253. The second kappa shape index (κ2) is 5.40. The van der Waals surface area contributed by atoms with Crippen LogP contribution in [0.25, 0.3) is 0 Å². The zero-order chi connectivity index (χ0) is 14.1. The molecule has 5 nitrogen and oxygen atoms in total. The predicted molar refractivity (Wildman–Crippen MR) is 75.5 cm³/mol. The molecule has 1 N–H and O–H groups in total. The lowest BCUT2D eigenvalue weighted by Crippen LogP contribution is -2.46. The van der Waals surface area contributed by atoms with Gasteiger partial charge < -0.3 is 14.7 Å². The van der Waals surface area contributed by atoms with Crippen LogP contribution in [-0.2, 0) is 17.6 Å². The van der Waals surface area contributed by atoms with Gasteiger partial charge in [-0.15, -0.1) is 0 Å². The molecule has 0 spiro atoms. The highest BCUT2D eigenvalue weighted by Crippen LogP contribution is 2.29. The Balaban J connectivity index is 2.04. The quantitative estimate of drug-likeness (QED) is 0.913. The van der Waals surface area contributed by atoms with Crippen molar-refractivity contribution in [1.82, 2.24) is 4.98 Å². The van der Waals surface area contributed by atoms with Crippen molar-refractivity contribution in [2.24, 2.45) is 0 Å². The van der Waals surface area contributed by atoms with Crippen molar-refractivity contribution in [3.63, 3.8) is 0 Å². The Hall–Kier alpha value is -1.62. The van der Waals surface area contributed by atoms with Gasteiger partial charge in [-0.3, -0.25) is 0 Å². The topological polar surface area (TPSA) is 62.7 Å². The Morgan fingerprint density at radius 2 is 2.40 bits per heavy atom. The molecule has 1 aromatic heterocycles. The van der Waals surface area contributed by atoms with Gasteiger partial charge in [0.15, 0.2) is 0 Å². The van der Waals surface area contributed by atoms with Gasteiger partial charge in [0, 0.05) is 12.2 Å². The van der Waals surface area contributed by atoms with Crippen LogP contribution in [0.2, 0.25) is 0 Å². The summed E-state index contributed by atoms with van der Waals surface area (Å²) in [4.78, 5) is 18.4. The van der Waals surface area contributed by atoms with Crippen molar-refractivity contribution in [3.8, 4) is 0 Å². The lowest BCUT2D eigenvalue weighted by molar-refractivity contribution is 0.0693. The smallest absolute Gasteiger partial charge is 0.339 e. The number of aryl methyl sites for hydroxylation is 2. The predicted octanol–water partition coefficient (Wildman–Crippen LogP) is 1.88. The monoisotopic (exact) mass is 276 g/mol. The molecular weight excluding hydrogens is 256 g/mol. The second-order valence-electron chi connectivity index (χ2n) is 5.45. The third kappa shape index (κ3) is 2.26. The van der Waals surface area contributed by atoms with E-state index in [0.717, 1.165) is 36.9 Å². The van der Waals surface area contributed by atoms with Crippen LogP contribution in [0.4, 0.5) is 5.82 Å². The minimum Gasteiger partial charge on any atom is -0.478 e. The first-order valence-electron chi connectivity index (χ1n) is 7.31. The normalized spacial score (nSPS) is 21.9. The first-order valence-corrected chi connectivity index (χ1v) is 7.31. The number of morpholine rings is 1. The van der Waals surface area contributed by atoms with Crippen LogP contribution in [0.5, 0.6) is 0 Å². The molecule has 1 unspecified atom stereocenters. The summed E-state index contributed by atoms with van der Waals surface area (Å²) >= 11 is 0. The fourth-order valence-corrected chi connectivity index (χ4v) is 3.11. The highest BCUT2D eigenvalue weighted by molar-refractivity contribution is 5.93. The van der Waals surface area contributed by atoms with E-state index in [9.17, 15) is 9.90 Å². The molecule has 0 saturated carbocycles. The van der Waals surface area contributed by atoms with E-state index in [4.69, 9.17) is 4.74 Å². The maximum absolute atomic E-state index is 11.6. The first-order chi connectivity index (χ1) is 9.70. The summed E-state index contributed by atoms with van der Waals surface area (Å²) in [6.45, 7) is 4.09. The van der Waals surface area contributed by atoms with E-state index in [2.05, 4.69) is 16.8 Å². The summed E-state index contributed by atoms with van der Waals surface area (Å²) < 4.78 is 5.50. The number of pyridine rings is 1. The molecule has 1 aliphatic heterocycles. The number of carboxylic acid groups (broad SMARTS) is 1. The van der Waals surface area contributed by atoms with Crippen molar-refractivity contribution < 1.29 is 14.6 Å². The van der Waals surface area contributed by atoms with Gasteiger partial charge in [-0.1, -0.05) is 6.92 Å². The molecule has 0 bridgehead atoms. The molecule has 20 heavy (non-hydrogen) atoms. The highest BCUT2D eigenvalue weighted by atomic mass is 16.5. The fraction of sp³-hybridized carbons (Fsp3) is 0.600. The molecule has 2 heterocycles. The van der Waals surface area contributed by atoms with Crippen LogP contribution < -0.4 is 4.90 Å². The minimum atomic E-state index is -0.886. The van der Waals surface area contributed by atoms with E-state index in [1.165, 1.54) is 0 Å². The van der Waals surface area contributed by atoms with Gasteiger partial charge in [0.05, 0.1) is 19.3 Å². The van der Waals surface area contributed by atoms with Crippen LogP contribution in [0.15, 0.2) is 6.07 Å². The van der Waals surface area contributed by atoms with Crippen LogP contribution in [0.3, 0.4) is 0 Å². The number of carbonyl (C=O) groups is 1. The van der Waals surface area contributed by atoms with Gasteiger partial charge in [-0.2, -0.15) is 0 Å². The molecule has 0 radical (unpaired) electrons. The number of nitrogens with zero attached hydrogens (tertiary/aromatic N) is 2. The molecule has 1 aromatic rings. The maximum atomic E-state index is 11.6. The zero-order valence-corrected chi connectivity index (χ0v) is 11.8. The molecule has 108 valence electrons. The van der Waals surface area contributed by atoms with E-state index in [1.807, 2.05) is 6.07 Å². The number of ether oxygens (including phenoxy) is 1. The van der Waals surface area contributed by atoms with Gasteiger partial charge in [0.2, 0.25) is 0 Å². The van der Waals surface area contributed by atoms with Crippen LogP contribution >= 0.6 is 0 Å². The average Bonchev–Trinajstić information content (AvgIpc) is 2.93. The molecule has 1 atom stereocenters. The van der Waals surface area contributed by atoms with Crippen LogP contribution in [0.1, 0.15) is 41.4 Å². The Morgan fingerprint density at radius 1 is 1.55 bits per heavy atom. The summed E-state index contributed by atoms with van der Waals surface area (Å²) in [5.41, 5.74) is 2.52. The van der Waals surface area contributed by atoms with Crippen LogP contribution in [-0.4, -0.2) is 41.9 Å². The molecular formula is C15H20N2O3. The number of hydrogen-bond donors (Lipinski definition) is 1. The SMILES string of the molecule is CCC1COCCN1c1nc2c(cc1C(=O)O)CCC2. The summed E-state index contributed by atoms with van der Waals surface area (Å²) in [7, 11) is 0. The van der Waals surface area contributed by atoms with Crippen molar-refractivity contribution in [3.05, 3.63) is 22.9 Å². The second-order valence-corrected chi connectivity index (χ2v) is 5.45. The highest BCUT2D eigenvalue weighted by Gasteiger charge is 2.28. The van der Waals surface area contributed by atoms with Crippen molar-refractivity contribution in [2.75, 3.05) is 24.7 Å². The van der Waals surface area contributed by atoms with E-state index in [-0.39, 0.29) is 6.04 Å². The van der Waals surface area contributed by atoms with E-state index < -0.39 is 5.97 Å². The van der Waals surface area contributed by atoms with Gasteiger partial charge >= 0.3 is 5.97 Å². The number of carboxylic acids is 1. The van der Waals surface area contributed by atoms with Crippen molar-refractivity contribution in [1.29, 1.82) is 0 Å². The number of aromatic nitrogens is 1. The lowest BCUT2D eigenvalue weighted by Gasteiger charge is -2.36. The molecule has 2 aliphatic rings. The molecule has 1 saturated heterocycles. The zero-order valence-electron chi connectivity index (χ0n) is 11.8. The lowest BCUT2D eigenvalue weighted by atomic mass is 10.1. The van der Waals surface area contributed by atoms with Gasteiger partial charge in [0.1, 0.15) is 11.4 Å². The van der Waals surface area contributed by atoms with E-state index >= 15 is 0 Å². The third-order valence-electron chi connectivity index (χ3n) is 4.23. The molecule has 0 aromatic carbocycles. The summed E-state index contributed by atoms with van der Waals surface area (Å²) in [6.07, 6.45) is 3.91. The Kier molecular flexibility index (Phi) is 3.61. The van der Waals surface area contributed by atoms with Crippen molar-refractivity contribution >= 4 is 11.8 Å². The number of fused-ring (bicyclic) bond motifs is 1. The standard InChI is InChI=1S/C15H20N2O3/c1-2-11-9-20-7-6-17(11)14-12(15(18)19)8-10-4-3-5-13(10)16-14/h8,11H,2-7,9H2,1H3,(H,18,19). The molecule has 1 aliphatic carbocycles. The van der Waals surface area contributed by atoms with Gasteiger partial charge in [-0.05, 0) is 37.3 Å². The van der Waals surface area contributed by atoms with Gasteiger partial charge in [0.25, 0.3) is 0 Å². The molecule has 1 fully saturated rings. The number of rotatable bonds is 3. The Bertz CT molecular complexity index is 530. The van der Waals surface area contributed by atoms with E-state index in [1.54, 1.807) is 0 Å². The fourth-order valence-electron chi connectivity index (χ4n) is 3.11. The first kappa shape index (κ1) is 13.4. The van der Waals surface area contributed by atoms with Gasteiger partial charge in [-0.25, -0.2) is 9.78 Å². The number of aromatic carboxylic acids is 1. The van der Waals surface area contributed by atoms with Crippen molar-refractivity contribution in [2.45, 2.75) is 38.6 Å². The minimum absolute atomic E-state index is 0.216. The number of hydrogen-bond acceptors (Lipinski definition) is 4. The summed E-state index contributed by atoms with van der Waals surface area (Å²) in [5, 5.41) is 9.49.